The Morgan fingerprint density at radius 2 is 0.692 bits per heavy atom. The van der Waals surface area contributed by atoms with Crippen molar-refractivity contribution >= 4 is 17.1 Å². The van der Waals surface area contributed by atoms with Gasteiger partial charge in [-0.15, -0.1) is 0 Å². The van der Waals surface area contributed by atoms with Crippen LogP contribution in [0.4, 0.5) is 17.1 Å². The minimum absolute atomic E-state index is 0.177. The summed E-state index contributed by atoms with van der Waals surface area (Å²) in [7, 11) is 0. The third-order valence-electron chi connectivity index (χ3n) is 14.7. The molecule has 10 aromatic rings. The lowest BCUT2D eigenvalue weighted by atomic mass is 9.70. The topological polar surface area (TPSA) is 3.24 Å². The molecule has 13 rings (SSSR count). The van der Waals surface area contributed by atoms with Gasteiger partial charge in [-0.3, -0.25) is 0 Å². The number of benzene rings is 10. The van der Waals surface area contributed by atoms with E-state index in [1.807, 2.05) is 0 Å². The standard InChI is InChI=1S/C64H45N/c1-63(2)53-32-15-14-30-52(53)62-57(63)36-20-38-60(62)65(59-37-19-31-46(43-23-7-4-8-24-43)61(59)51-29-10-9-25-45(51)42-21-5-3-6-22-42)44-39-40-50-49-28-13-18-35-56(49)64(58(50)41-44)54-33-16-11-26-47(54)48-27-12-17-34-55(48)64/h3-41H,1-2H3. The molecule has 10 aromatic carbocycles. The second kappa shape index (κ2) is 14.3. The molecule has 1 nitrogen and oxygen atoms in total. The SMILES string of the molecule is CC1(C)c2ccccc2-c2c(N(c3ccc4c(c3)C3(c5ccccc5-c5ccccc53)c3ccccc3-4)c3cccc(-c4ccccc4)c3-c3ccccc3-c3ccccc3)cccc21. The van der Waals surface area contributed by atoms with E-state index in [9.17, 15) is 0 Å². The van der Waals surface area contributed by atoms with E-state index in [1.165, 1.54) is 106 Å². The molecule has 0 radical (unpaired) electrons. The Bertz CT molecular complexity index is 3460. The molecule has 0 heterocycles. The van der Waals surface area contributed by atoms with Crippen LogP contribution in [-0.2, 0) is 10.8 Å². The summed E-state index contributed by atoms with van der Waals surface area (Å²) in [5, 5.41) is 0. The highest BCUT2D eigenvalue weighted by Gasteiger charge is 2.52. The monoisotopic (exact) mass is 827 g/mol. The van der Waals surface area contributed by atoms with Crippen LogP contribution in [0.5, 0.6) is 0 Å². The van der Waals surface area contributed by atoms with Gasteiger partial charge in [0.2, 0.25) is 0 Å². The first-order chi connectivity index (χ1) is 32.0. The maximum absolute atomic E-state index is 2.60. The maximum atomic E-state index is 2.60. The Morgan fingerprint density at radius 1 is 0.277 bits per heavy atom. The molecular formula is C64H45N. The predicted octanol–water partition coefficient (Wildman–Crippen LogP) is 16.8. The van der Waals surface area contributed by atoms with Crippen LogP contribution in [0.1, 0.15) is 47.2 Å². The molecule has 306 valence electrons. The number of hydrogen-bond donors (Lipinski definition) is 0. The van der Waals surface area contributed by atoms with Crippen molar-refractivity contribution in [3.05, 3.63) is 270 Å². The lowest BCUT2D eigenvalue weighted by Gasteiger charge is -2.34. The van der Waals surface area contributed by atoms with Gasteiger partial charge in [0.05, 0.1) is 16.8 Å². The van der Waals surface area contributed by atoms with Crippen molar-refractivity contribution in [1.29, 1.82) is 0 Å². The molecule has 65 heavy (non-hydrogen) atoms. The molecule has 0 atom stereocenters. The molecule has 0 aromatic heterocycles. The van der Waals surface area contributed by atoms with Gasteiger partial charge in [0, 0.05) is 22.2 Å². The maximum Gasteiger partial charge on any atom is 0.0726 e. The highest BCUT2D eigenvalue weighted by atomic mass is 15.1. The van der Waals surface area contributed by atoms with Crippen LogP contribution in [0.25, 0.3) is 66.8 Å². The molecule has 0 amide bonds. The van der Waals surface area contributed by atoms with E-state index in [-0.39, 0.29) is 5.41 Å². The average molecular weight is 828 g/mol. The molecule has 0 fully saturated rings. The third kappa shape index (κ3) is 5.27. The van der Waals surface area contributed by atoms with Gasteiger partial charge in [-0.1, -0.05) is 226 Å². The lowest BCUT2D eigenvalue weighted by Crippen LogP contribution is -2.26. The van der Waals surface area contributed by atoms with Crippen molar-refractivity contribution in [3.8, 4) is 66.8 Å². The van der Waals surface area contributed by atoms with Crippen LogP contribution >= 0.6 is 0 Å². The summed E-state index contributed by atoms with van der Waals surface area (Å²) < 4.78 is 0. The Morgan fingerprint density at radius 3 is 1.29 bits per heavy atom. The van der Waals surface area contributed by atoms with E-state index in [1.54, 1.807) is 0 Å². The minimum atomic E-state index is -0.483. The highest BCUT2D eigenvalue weighted by Crippen LogP contribution is 2.64. The van der Waals surface area contributed by atoms with Crippen molar-refractivity contribution in [2.24, 2.45) is 0 Å². The van der Waals surface area contributed by atoms with E-state index in [4.69, 9.17) is 0 Å². The summed E-state index contributed by atoms with van der Waals surface area (Å²) in [5.41, 5.74) is 25.7. The fraction of sp³-hybridized carbons (Fsp3) is 0.0625. The van der Waals surface area contributed by atoms with Gasteiger partial charge in [-0.2, -0.15) is 0 Å². The summed E-state index contributed by atoms with van der Waals surface area (Å²) in [6, 6.07) is 88.4. The number of anilines is 3. The van der Waals surface area contributed by atoms with Crippen molar-refractivity contribution in [2.75, 3.05) is 4.90 Å². The first-order valence-electron chi connectivity index (χ1n) is 22.9. The first kappa shape index (κ1) is 37.5. The number of nitrogens with zero attached hydrogens (tertiary/aromatic N) is 1. The third-order valence-corrected chi connectivity index (χ3v) is 14.7. The summed E-state index contributed by atoms with van der Waals surface area (Å²) >= 11 is 0. The summed E-state index contributed by atoms with van der Waals surface area (Å²) in [6.45, 7) is 4.77. The van der Waals surface area contributed by atoms with Gasteiger partial charge < -0.3 is 4.90 Å². The van der Waals surface area contributed by atoms with Crippen LogP contribution in [0.3, 0.4) is 0 Å². The molecule has 0 unspecified atom stereocenters. The zero-order chi connectivity index (χ0) is 43.3. The van der Waals surface area contributed by atoms with Gasteiger partial charge in [0.15, 0.2) is 0 Å². The van der Waals surface area contributed by atoms with E-state index in [0.717, 1.165) is 11.4 Å². The second-order valence-electron chi connectivity index (χ2n) is 18.3. The smallest absolute Gasteiger partial charge is 0.0726 e. The molecule has 3 aliphatic rings. The van der Waals surface area contributed by atoms with Crippen LogP contribution in [-0.4, -0.2) is 0 Å². The number of hydrogen-bond acceptors (Lipinski definition) is 1. The van der Waals surface area contributed by atoms with Gasteiger partial charge in [0.1, 0.15) is 0 Å². The van der Waals surface area contributed by atoms with Gasteiger partial charge >= 0.3 is 0 Å². The largest absolute Gasteiger partial charge is 0.309 e. The first-order valence-corrected chi connectivity index (χ1v) is 22.9. The van der Waals surface area contributed by atoms with E-state index in [0.29, 0.717) is 0 Å². The quantitative estimate of drug-likeness (QED) is 0.161. The van der Waals surface area contributed by atoms with Crippen LogP contribution < -0.4 is 4.90 Å². The van der Waals surface area contributed by atoms with E-state index < -0.39 is 5.41 Å². The Balaban J connectivity index is 1.16. The summed E-state index contributed by atoms with van der Waals surface area (Å²) in [5.74, 6) is 0. The minimum Gasteiger partial charge on any atom is -0.309 e. The van der Waals surface area contributed by atoms with Gasteiger partial charge in [-0.25, -0.2) is 0 Å². The molecule has 1 heteroatoms. The summed E-state index contributed by atoms with van der Waals surface area (Å²) in [4.78, 5) is 2.60. The average Bonchev–Trinajstić information content (AvgIpc) is 3.93. The van der Waals surface area contributed by atoms with Crippen LogP contribution in [0.15, 0.2) is 237 Å². The van der Waals surface area contributed by atoms with Crippen molar-refractivity contribution in [1.82, 2.24) is 0 Å². The molecule has 0 N–H and O–H groups in total. The van der Waals surface area contributed by atoms with E-state index in [2.05, 4.69) is 255 Å². The second-order valence-corrected chi connectivity index (χ2v) is 18.3. The molecular weight excluding hydrogens is 783 g/mol. The van der Waals surface area contributed by atoms with Gasteiger partial charge in [-0.05, 0) is 113 Å². The number of fused-ring (bicyclic) bond motifs is 13. The van der Waals surface area contributed by atoms with Crippen molar-refractivity contribution in [3.63, 3.8) is 0 Å². The molecule has 0 bridgehead atoms. The molecule has 1 spiro atoms. The Kier molecular flexibility index (Phi) is 8.24. The van der Waals surface area contributed by atoms with Crippen molar-refractivity contribution < 1.29 is 0 Å². The molecule has 0 saturated heterocycles. The lowest BCUT2D eigenvalue weighted by molar-refractivity contribution is 0.660. The summed E-state index contributed by atoms with van der Waals surface area (Å²) in [6.07, 6.45) is 0. The zero-order valence-electron chi connectivity index (χ0n) is 36.5. The van der Waals surface area contributed by atoms with E-state index >= 15 is 0 Å². The van der Waals surface area contributed by atoms with Crippen LogP contribution in [0, 0.1) is 0 Å². The molecule has 0 aliphatic heterocycles. The zero-order valence-corrected chi connectivity index (χ0v) is 36.5. The normalized spacial score (nSPS) is 13.9. The number of rotatable bonds is 6. The Labute approximate surface area is 381 Å². The molecule has 0 saturated carbocycles. The fourth-order valence-electron chi connectivity index (χ4n) is 12.0. The van der Waals surface area contributed by atoms with Gasteiger partial charge in [0.25, 0.3) is 0 Å². The Hall–Kier alpha value is -8.00. The van der Waals surface area contributed by atoms with Crippen LogP contribution in [0.2, 0.25) is 0 Å². The molecule has 3 aliphatic carbocycles. The van der Waals surface area contributed by atoms with Crippen molar-refractivity contribution in [2.45, 2.75) is 24.7 Å². The highest BCUT2D eigenvalue weighted by molar-refractivity contribution is 6.05. The predicted molar refractivity (Wildman–Crippen MR) is 271 cm³/mol. The fourth-order valence-corrected chi connectivity index (χ4v) is 12.0.